The Bertz CT molecular complexity index is 299. The van der Waals surface area contributed by atoms with E-state index in [-0.39, 0.29) is 0 Å². The van der Waals surface area contributed by atoms with Gasteiger partial charge in [-0.2, -0.15) is 0 Å². The number of hydrogen-bond donors (Lipinski definition) is 1. The summed E-state index contributed by atoms with van der Waals surface area (Å²) in [6, 6.07) is 0.657. The second-order valence-corrected chi connectivity index (χ2v) is 6.90. The smallest absolute Gasteiger partial charge is 0.0309 e. The van der Waals surface area contributed by atoms with Gasteiger partial charge in [-0.15, -0.1) is 0 Å². The summed E-state index contributed by atoms with van der Waals surface area (Å²) in [5.41, 5.74) is 1.98. The lowest BCUT2D eigenvalue weighted by Gasteiger charge is -2.47. The van der Waals surface area contributed by atoms with Crippen molar-refractivity contribution in [3.05, 3.63) is 11.6 Å². The molecule has 1 aliphatic carbocycles. The van der Waals surface area contributed by atoms with E-state index in [1.807, 2.05) is 0 Å². The van der Waals surface area contributed by atoms with Crippen molar-refractivity contribution in [1.82, 2.24) is 10.2 Å². The Labute approximate surface area is 117 Å². The van der Waals surface area contributed by atoms with Crippen molar-refractivity contribution in [2.75, 3.05) is 19.6 Å². The Morgan fingerprint density at radius 3 is 2.72 bits per heavy atom. The first kappa shape index (κ1) is 14.4. The molecule has 1 heterocycles. The van der Waals surface area contributed by atoms with Crippen LogP contribution in [0.4, 0.5) is 0 Å². The zero-order chi connectivity index (χ0) is 13.2. The predicted octanol–water partition coefficient (Wildman–Crippen LogP) is 3.23. The van der Waals surface area contributed by atoms with Gasteiger partial charge in [0.05, 0.1) is 0 Å². The molecule has 18 heavy (non-hydrogen) atoms. The van der Waals surface area contributed by atoms with Gasteiger partial charge in [0.15, 0.2) is 0 Å². The minimum absolute atomic E-state index is 0.327. The number of nitrogens with one attached hydrogen (secondary N) is 1. The molecule has 0 aromatic rings. The zero-order valence-corrected chi connectivity index (χ0v) is 12.7. The van der Waals surface area contributed by atoms with Gasteiger partial charge in [-0.05, 0) is 38.0 Å². The van der Waals surface area contributed by atoms with Crippen LogP contribution in [0.3, 0.4) is 0 Å². The fraction of sp³-hybridized carbons (Fsp3) is 0.867. The van der Waals surface area contributed by atoms with E-state index >= 15 is 0 Å². The van der Waals surface area contributed by atoms with E-state index in [0.717, 1.165) is 31.5 Å². The summed E-state index contributed by atoms with van der Waals surface area (Å²) in [7, 11) is 0. The second kappa shape index (κ2) is 5.94. The van der Waals surface area contributed by atoms with Crippen LogP contribution in [0.5, 0.6) is 0 Å². The summed E-state index contributed by atoms with van der Waals surface area (Å²) in [5, 5.41) is 3.82. The summed E-state index contributed by atoms with van der Waals surface area (Å²) >= 11 is 5.70. The summed E-state index contributed by atoms with van der Waals surface area (Å²) < 4.78 is 0. The molecule has 0 amide bonds. The fourth-order valence-corrected chi connectivity index (χ4v) is 3.33. The molecular weight excluding hydrogens is 244 g/mol. The summed E-state index contributed by atoms with van der Waals surface area (Å²) in [6.45, 7) is 10.3. The summed E-state index contributed by atoms with van der Waals surface area (Å²) in [6.07, 6.45) is 6.15. The molecule has 1 aliphatic heterocycles. The summed E-state index contributed by atoms with van der Waals surface area (Å²) in [5.74, 6) is 1.64. The first-order valence-corrected chi connectivity index (χ1v) is 7.73. The number of hydrogen-bond acceptors (Lipinski definition) is 2. The van der Waals surface area contributed by atoms with Crippen LogP contribution in [-0.2, 0) is 0 Å². The normalized spacial score (nSPS) is 34.6. The van der Waals surface area contributed by atoms with Crippen molar-refractivity contribution in [2.24, 2.45) is 11.8 Å². The molecule has 0 bridgehead atoms. The fourth-order valence-electron chi connectivity index (χ4n) is 3.25. The standard InChI is InChI=1S/C15H27ClN2/c1-12(2)9-14-10-17-15(3,13-5-6-13)11-18(14)8-4-7-16/h4,7,12-14,17H,5-6,8-11H2,1-3H3/b7-4+. The molecule has 2 aliphatic rings. The largest absolute Gasteiger partial charge is 0.308 e. The van der Waals surface area contributed by atoms with Crippen molar-refractivity contribution in [3.63, 3.8) is 0 Å². The highest BCUT2D eigenvalue weighted by Crippen LogP contribution is 2.41. The third-order valence-corrected chi connectivity index (χ3v) is 4.62. The van der Waals surface area contributed by atoms with E-state index < -0.39 is 0 Å². The van der Waals surface area contributed by atoms with Crippen LogP contribution in [0.1, 0.15) is 40.0 Å². The third-order valence-electron chi connectivity index (χ3n) is 4.44. The average Bonchev–Trinajstić information content (AvgIpc) is 3.13. The number of nitrogens with zero attached hydrogens (tertiary/aromatic N) is 1. The van der Waals surface area contributed by atoms with Crippen LogP contribution in [0.15, 0.2) is 11.6 Å². The lowest BCUT2D eigenvalue weighted by molar-refractivity contribution is 0.0745. The summed E-state index contributed by atoms with van der Waals surface area (Å²) in [4.78, 5) is 2.62. The van der Waals surface area contributed by atoms with Crippen LogP contribution >= 0.6 is 11.6 Å². The molecule has 0 spiro atoms. The Morgan fingerprint density at radius 1 is 1.44 bits per heavy atom. The lowest BCUT2D eigenvalue weighted by atomic mass is 9.89. The van der Waals surface area contributed by atoms with Crippen LogP contribution in [0, 0.1) is 11.8 Å². The van der Waals surface area contributed by atoms with E-state index in [0.29, 0.717) is 11.6 Å². The van der Waals surface area contributed by atoms with Crippen molar-refractivity contribution in [3.8, 4) is 0 Å². The van der Waals surface area contributed by atoms with Crippen molar-refractivity contribution < 1.29 is 0 Å². The van der Waals surface area contributed by atoms with Gasteiger partial charge in [0, 0.05) is 36.8 Å². The zero-order valence-electron chi connectivity index (χ0n) is 12.0. The molecule has 1 N–H and O–H groups in total. The highest BCUT2D eigenvalue weighted by molar-refractivity contribution is 6.25. The molecule has 1 saturated carbocycles. The third kappa shape index (κ3) is 3.49. The highest BCUT2D eigenvalue weighted by Gasteiger charge is 2.45. The van der Waals surface area contributed by atoms with Gasteiger partial charge < -0.3 is 5.32 Å². The topological polar surface area (TPSA) is 15.3 Å². The average molecular weight is 271 g/mol. The quantitative estimate of drug-likeness (QED) is 0.825. The lowest BCUT2D eigenvalue weighted by Crippen LogP contribution is -2.64. The maximum Gasteiger partial charge on any atom is 0.0309 e. The molecule has 2 rings (SSSR count). The van der Waals surface area contributed by atoms with Gasteiger partial charge in [0.25, 0.3) is 0 Å². The van der Waals surface area contributed by atoms with Gasteiger partial charge >= 0.3 is 0 Å². The minimum Gasteiger partial charge on any atom is -0.308 e. The molecule has 0 aromatic carbocycles. The van der Waals surface area contributed by atoms with Crippen LogP contribution in [0.2, 0.25) is 0 Å². The highest BCUT2D eigenvalue weighted by atomic mass is 35.5. The van der Waals surface area contributed by atoms with E-state index in [9.17, 15) is 0 Å². The molecule has 2 unspecified atom stereocenters. The maximum absolute atomic E-state index is 5.70. The van der Waals surface area contributed by atoms with Crippen LogP contribution < -0.4 is 5.32 Å². The molecule has 104 valence electrons. The van der Waals surface area contributed by atoms with E-state index in [1.165, 1.54) is 19.3 Å². The van der Waals surface area contributed by atoms with Crippen molar-refractivity contribution in [1.29, 1.82) is 0 Å². The Balaban J connectivity index is 1.99. The number of rotatable bonds is 5. The van der Waals surface area contributed by atoms with E-state index in [4.69, 9.17) is 11.6 Å². The predicted molar refractivity (Wildman–Crippen MR) is 78.9 cm³/mol. The van der Waals surface area contributed by atoms with Gasteiger partial charge in [-0.1, -0.05) is 31.5 Å². The molecule has 0 aromatic heterocycles. The molecule has 3 heteroatoms. The van der Waals surface area contributed by atoms with Crippen LogP contribution in [-0.4, -0.2) is 36.1 Å². The van der Waals surface area contributed by atoms with Crippen molar-refractivity contribution >= 4 is 11.6 Å². The van der Waals surface area contributed by atoms with E-state index in [1.54, 1.807) is 5.54 Å². The Kier molecular flexibility index (Phi) is 4.74. The minimum atomic E-state index is 0.327. The van der Waals surface area contributed by atoms with E-state index in [2.05, 4.69) is 37.1 Å². The first-order valence-electron chi connectivity index (χ1n) is 7.29. The van der Waals surface area contributed by atoms with Gasteiger partial charge in [0.2, 0.25) is 0 Å². The molecule has 2 fully saturated rings. The monoisotopic (exact) mass is 270 g/mol. The van der Waals surface area contributed by atoms with Gasteiger partial charge in [-0.3, -0.25) is 4.90 Å². The van der Waals surface area contributed by atoms with Gasteiger partial charge in [0.1, 0.15) is 0 Å². The molecular formula is C15H27ClN2. The SMILES string of the molecule is CC(C)CC1CNC(C)(C2CC2)CN1C/C=C/Cl. The first-order chi connectivity index (χ1) is 8.55. The molecule has 1 saturated heterocycles. The van der Waals surface area contributed by atoms with Crippen LogP contribution in [0.25, 0.3) is 0 Å². The number of halogens is 1. The van der Waals surface area contributed by atoms with Gasteiger partial charge in [-0.25, -0.2) is 0 Å². The Morgan fingerprint density at radius 2 is 2.17 bits per heavy atom. The molecule has 2 nitrogen and oxygen atoms in total. The van der Waals surface area contributed by atoms with Crippen molar-refractivity contribution in [2.45, 2.75) is 51.6 Å². The molecule has 0 radical (unpaired) electrons. The number of piperazine rings is 1. The second-order valence-electron chi connectivity index (χ2n) is 6.65. The molecule has 2 atom stereocenters. The maximum atomic E-state index is 5.70. The Hall–Kier alpha value is -0.0500.